The molecule has 0 spiro atoms. The minimum Gasteiger partial charge on any atom is -0.481 e. The van der Waals surface area contributed by atoms with E-state index in [4.69, 9.17) is 5.11 Å². The molecule has 0 atom stereocenters. The van der Waals surface area contributed by atoms with Gasteiger partial charge in [0, 0.05) is 20.1 Å². The Morgan fingerprint density at radius 3 is 2.93 bits per heavy atom. The molecule has 1 aromatic heterocycles. The van der Waals surface area contributed by atoms with Crippen LogP contribution in [0.3, 0.4) is 0 Å². The highest BCUT2D eigenvalue weighted by atomic mass is 16.4. The van der Waals surface area contributed by atoms with Crippen molar-refractivity contribution in [3.8, 4) is 0 Å². The summed E-state index contributed by atoms with van der Waals surface area (Å²) in [5, 5.41) is 15.8. The van der Waals surface area contributed by atoms with Gasteiger partial charge in [-0.2, -0.15) is 5.10 Å². The van der Waals surface area contributed by atoms with Crippen LogP contribution in [0, 0.1) is 0 Å². The van der Waals surface area contributed by atoms with E-state index in [1.165, 1.54) is 0 Å². The maximum atomic E-state index is 10.3. The van der Waals surface area contributed by atoms with Crippen molar-refractivity contribution in [1.82, 2.24) is 15.1 Å². The van der Waals surface area contributed by atoms with E-state index in [9.17, 15) is 4.79 Å². The first kappa shape index (κ1) is 11.7. The number of aliphatic carboxylic acids is 1. The maximum Gasteiger partial charge on any atom is 0.304 e. The van der Waals surface area contributed by atoms with Gasteiger partial charge in [0.05, 0.1) is 17.8 Å². The van der Waals surface area contributed by atoms with Gasteiger partial charge in [0.25, 0.3) is 0 Å². The van der Waals surface area contributed by atoms with Crippen LogP contribution in [0.1, 0.15) is 24.7 Å². The Labute approximate surface area is 89.1 Å². The lowest BCUT2D eigenvalue weighted by Gasteiger charge is -2.02. The summed E-state index contributed by atoms with van der Waals surface area (Å²) in [6.45, 7) is 3.21. The van der Waals surface area contributed by atoms with Gasteiger partial charge in [0.1, 0.15) is 0 Å². The fraction of sp³-hybridized carbons (Fsp3) is 0.600. The van der Waals surface area contributed by atoms with Crippen LogP contribution in [0.25, 0.3) is 0 Å². The zero-order chi connectivity index (χ0) is 11.3. The van der Waals surface area contributed by atoms with Crippen molar-refractivity contribution in [2.45, 2.75) is 26.3 Å². The normalized spacial score (nSPS) is 10.5. The van der Waals surface area contributed by atoms with Gasteiger partial charge in [-0.15, -0.1) is 0 Å². The summed E-state index contributed by atoms with van der Waals surface area (Å²) in [5.74, 6) is -0.776. The van der Waals surface area contributed by atoms with Gasteiger partial charge in [-0.05, 0) is 12.5 Å². The Bertz CT molecular complexity index is 333. The summed E-state index contributed by atoms with van der Waals surface area (Å²) in [6.07, 6.45) is 1.07. The number of aromatic nitrogens is 2. The van der Waals surface area contributed by atoms with E-state index >= 15 is 0 Å². The van der Waals surface area contributed by atoms with Crippen LogP contribution in [-0.4, -0.2) is 27.4 Å². The molecule has 0 aliphatic heterocycles. The van der Waals surface area contributed by atoms with Crippen LogP contribution >= 0.6 is 0 Å². The fourth-order valence-electron chi connectivity index (χ4n) is 1.32. The molecule has 0 aromatic carbocycles. The third-order valence-corrected chi connectivity index (χ3v) is 2.21. The number of nitrogens with one attached hydrogen (secondary N) is 1. The molecule has 0 fully saturated rings. The topological polar surface area (TPSA) is 67.2 Å². The van der Waals surface area contributed by atoms with Crippen molar-refractivity contribution in [2.24, 2.45) is 7.05 Å². The molecule has 2 N–H and O–H groups in total. The quantitative estimate of drug-likeness (QED) is 0.674. The first-order valence-electron chi connectivity index (χ1n) is 5.07. The average molecular weight is 211 g/mol. The van der Waals surface area contributed by atoms with E-state index < -0.39 is 5.97 Å². The summed E-state index contributed by atoms with van der Waals surface area (Å²) < 4.78 is 1.83. The summed E-state index contributed by atoms with van der Waals surface area (Å²) in [5.41, 5.74) is 2.14. The van der Waals surface area contributed by atoms with E-state index in [-0.39, 0.29) is 6.42 Å². The van der Waals surface area contributed by atoms with Gasteiger partial charge in [0.2, 0.25) is 0 Å². The molecule has 0 amide bonds. The number of carboxylic acids is 1. The molecular formula is C10H17N3O2. The van der Waals surface area contributed by atoms with Gasteiger partial charge in [-0.25, -0.2) is 0 Å². The second-order valence-corrected chi connectivity index (χ2v) is 3.42. The van der Waals surface area contributed by atoms with Crippen LogP contribution in [0.4, 0.5) is 0 Å². The average Bonchev–Trinajstić information content (AvgIpc) is 2.54. The van der Waals surface area contributed by atoms with Crippen LogP contribution in [-0.2, 0) is 24.8 Å². The number of aryl methyl sites for hydroxylation is 2. The number of carbonyl (C=O) groups is 1. The van der Waals surface area contributed by atoms with Gasteiger partial charge in [-0.1, -0.05) is 6.92 Å². The van der Waals surface area contributed by atoms with Gasteiger partial charge >= 0.3 is 5.97 Å². The van der Waals surface area contributed by atoms with E-state index in [2.05, 4.69) is 17.3 Å². The van der Waals surface area contributed by atoms with Crippen LogP contribution in [0.15, 0.2) is 6.07 Å². The third-order valence-electron chi connectivity index (χ3n) is 2.21. The number of rotatable bonds is 6. The van der Waals surface area contributed by atoms with E-state index in [1.54, 1.807) is 0 Å². The lowest BCUT2D eigenvalue weighted by molar-refractivity contribution is -0.136. The Morgan fingerprint density at radius 1 is 1.67 bits per heavy atom. The number of nitrogens with zero attached hydrogens (tertiary/aromatic N) is 2. The van der Waals surface area contributed by atoms with Crippen molar-refractivity contribution in [3.63, 3.8) is 0 Å². The van der Waals surface area contributed by atoms with Gasteiger partial charge in [0.15, 0.2) is 0 Å². The largest absolute Gasteiger partial charge is 0.481 e. The van der Waals surface area contributed by atoms with E-state index in [0.29, 0.717) is 13.1 Å². The minimum absolute atomic E-state index is 0.151. The molecule has 0 aliphatic rings. The highest BCUT2D eigenvalue weighted by molar-refractivity contribution is 5.66. The molecule has 0 radical (unpaired) electrons. The van der Waals surface area contributed by atoms with Crippen molar-refractivity contribution < 1.29 is 9.90 Å². The summed E-state index contributed by atoms with van der Waals surface area (Å²) in [4.78, 5) is 10.3. The molecule has 5 nitrogen and oxygen atoms in total. The van der Waals surface area contributed by atoms with Crippen LogP contribution in [0.2, 0.25) is 0 Å². The SMILES string of the molecule is CCc1cc(CNCCC(=O)O)n(C)n1. The van der Waals surface area contributed by atoms with Gasteiger partial charge in [-0.3, -0.25) is 9.48 Å². The van der Waals surface area contributed by atoms with Crippen LogP contribution < -0.4 is 5.32 Å². The summed E-state index contributed by atoms with van der Waals surface area (Å²) >= 11 is 0. The fourth-order valence-corrected chi connectivity index (χ4v) is 1.32. The zero-order valence-corrected chi connectivity index (χ0v) is 9.16. The molecule has 1 aromatic rings. The van der Waals surface area contributed by atoms with Crippen molar-refractivity contribution in [2.75, 3.05) is 6.54 Å². The summed E-state index contributed by atoms with van der Waals surface area (Å²) in [6, 6.07) is 2.04. The standard InChI is InChI=1S/C10H17N3O2/c1-3-8-6-9(13(2)12-8)7-11-5-4-10(14)15/h6,11H,3-5,7H2,1-2H3,(H,14,15). The monoisotopic (exact) mass is 211 g/mol. The van der Waals surface area contributed by atoms with Gasteiger partial charge < -0.3 is 10.4 Å². The Hall–Kier alpha value is -1.36. The number of hydrogen-bond acceptors (Lipinski definition) is 3. The molecule has 0 unspecified atom stereocenters. The highest BCUT2D eigenvalue weighted by Gasteiger charge is 2.03. The van der Waals surface area contributed by atoms with E-state index in [1.807, 2.05) is 17.8 Å². The second kappa shape index (κ2) is 5.50. The Balaban J connectivity index is 2.36. The lowest BCUT2D eigenvalue weighted by atomic mass is 10.3. The molecular weight excluding hydrogens is 194 g/mol. The third kappa shape index (κ3) is 3.71. The minimum atomic E-state index is -0.776. The van der Waals surface area contributed by atoms with Crippen molar-refractivity contribution in [1.29, 1.82) is 0 Å². The molecule has 5 heteroatoms. The molecule has 1 heterocycles. The Morgan fingerprint density at radius 2 is 2.40 bits per heavy atom. The molecule has 0 bridgehead atoms. The second-order valence-electron chi connectivity index (χ2n) is 3.42. The predicted molar refractivity (Wildman–Crippen MR) is 56.5 cm³/mol. The Kier molecular flexibility index (Phi) is 4.30. The maximum absolute atomic E-state index is 10.3. The molecule has 0 saturated carbocycles. The smallest absolute Gasteiger partial charge is 0.304 e. The number of hydrogen-bond donors (Lipinski definition) is 2. The van der Waals surface area contributed by atoms with Crippen molar-refractivity contribution in [3.05, 3.63) is 17.5 Å². The lowest BCUT2D eigenvalue weighted by Crippen LogP contribution is -2.19. The molecule has 0 saturated heterocycles. The molecule has 0 aliphatic carbocycles. The number of carboxylic acid groups (broad SMARTS) is 1. The first-order valence-corrected chi connectivity index (χ1v) is 5.07. The summed E-state index contributed by atoms with van der Waals surface area (Å²) in [7, 11) is 1.90. The van der Waals surface area contributed by atoms with Crippen LogP contribution in [0.5, 0.6) is 0 Å². The first-order chi connectivity index (χ1) is 7.13. The molecule has 15 heavy (non-hydrogen) atoms. The molecule has 84 valence electrons. The highest BCUT2D eigenvalue weighted by Crippen LogP contribution is 2.03. The van der Waals surface area contributed by atoms with Crippen molar-refractivity contribution >= 4 is 5.97 Å². The predicted octanol–water partition coefficient (Wildman–Crippen LogP) is 0.547. The zero-order valence-electron chi connectivity index (χ0n) is 9.16. The molecule has 1 rings (SSSR count). The van der Waals surface area contributed by atoms with E-state index in [0.717, 1.165) is 17.8 Å².